The molecule has 8 heteroatoms. The van der Waals surface area contributed by atoms with Crippen molar-refractivity contribution in [3.63, 3.8) is 0 Å². The number of ether oxygens (including phenoxy) is 1. The summed E-state index contributed by atoms with van der Waals surface area (Å²) >= 11 is 0. The van der Waals surface area contributed by atoms with Crippen LogP contribution in [-0.4, -0.2) is 67.7 Å². The summed E-state index contributed by atoms with van der Waals surface area (Å²) in [5.74, 6) is -0.432. The van der Waals surface area contributed by atoms with Crippen LogP contribution in [0.4, 0.5) is 4.39 Å². The molecule has 0 radical (unpaired) electrons. The van der Waals surface area contributed by atoms with E-state index in [-0.39, 0.29) is 6.61 Å². The number of aryl methyl sites for hydroxylation is 1. The van der Waals surface area contributed by atoms with Gasteiger partial charge in [0.1, 0.15) is 36.3 Å². The summed E-state index contributed by atoms with van der Waals surface area (Å²) in [6.45, 7) is 1.71. The molecular formula is C24H28FNO6. The number of aromatic nitrogens is 1. The van der Waals surface area contributed by atoms with E-state index in [0.717, 1.165) is 16.7 Å². The van der Waals surface area contributed by atoms with Gasteiger partial charge in [0.2, 0.25) is 0 Å². The van der Waals surface area contributed by atoms with E-state index in [1.165, 1.54) is 6.07 Å². The molecular weight excluding hydrogens is 417 g/mol. The van der Waals surface area contributed by atoms with Crippen molar-refractivity contribution in [3.8, 4) is 0 Å². The average molecular weight is 445 g/mol. The van der Waals surface area contributed by atoms with Gasteiger partial charge in [0, 0.05) is 30.3 Å². The van der Waals surface area contributed by atoms with Crippen LogP contribution < -0.4 is 0 Å². The highest BCUT2D eigenvalue weighted by molar-refractivity contribution is 5.88. The molecule has 32 heavy (non-hydrogen) atoms. The van der Waals surface area contributed by atoms with Gasteiger partial charge < -0.3 is 34.8 Å². The smallest absolute Gasteiger partial charge is 0.147 e. The molecule has 5 N–H and O–H groups in total. The Morgan fingerprint density at radius 3 is 2.28 bits per heavy atom. The highest BCUT2D eigenvalue weighted by atomic mass is 19.1. The summed E-state index contributed by atoms with van der Waals surface area (Å²) in [7, 11) is 0. The Morgan fingerprint density at radius 2 is 1.62 bits per heavy atom. The van der Waals surface area contributed by atoms with Gasteiger partial charge in [-0.05, 0) is 36.1 Å². The number of hydrogen-bond acceptors (Lipinski definition) is 6. The van der Waals surface area contributed by atoms with Crippen molar-refractivity contribution in [2.75, 3.05) is 13.2 Å². The van der Waals surface area contributed by atoms with Crippen molar-refractivity contribution < 1.29 is 34.7 Å². The van der Waals surface area contributed by atoms with Crippen molar-refractivity contribution in [3.05, 3.63) is 70.7 Å². The molecule has 1 fully saturated rings. The van der Waals surface area contributed by atoms with Crippen LogP contribution in [0.5, 0.6) is 0 Å². The molecule has 2 heterocycles. The molecule has 5 atom stereocenters. The summed E-state index contributed by atoms with van der Waals surface area (Å²) in [4.78, 5) is 0. The maximum Gasteiger partial charge on any atom is 0.147 e. The molecule has 0 bridgehead atoms. The first-order valence-corrected chi connectivity index (χ1v) is 10.6. The normalized spacial score (nSPS) is 26.0. The van der Waals surface area contributed by atoms with E-state index in [0.29, 0.717) is 29.4 Å². The zero-order valence-corrected chi connectivity index (χ0v) is 17.7. The van der Waals surface area contributed by atoms with Gasteiger partial charge in [-0.2, -0.15) is 0 Å². The minimum absolute atomic E-state index is 0.0640. The minimum Gasteiger partial charge on any atom is -0.396 e. The summed E-state index contributed by atoms with van der Waals surface area (Å²) in [6.07, 6.45) is -4.29. The maximum atomic E-state index is 15.0. The van der Waals surface area contributed by atoms with E-state index < -0.39 is 42.9 Å². The first-order valence-electron chi connectivity index (χ1n) is 10.6. The molecule has 1 aromatic heterocycles. The Kier molecular flexibility index (Phi) is 6.62. The number of benzene rings is 2. The van der Waals surface area contributed by atoms with Crippen LogP contribution in [0, 0.1) is 12.7 Å². The van der Waals surface area contributed by atoms with Crippen LogP contribution >= 0.6 is 0 Å². The van der Waals surface area contributed by atoms with Crippen LogP contribution in [0.3, 0.4) is 0 Å². The molecule has 2 aromatic carbocycles. The third-order valence-corrected chi connectivity index (χ3v) is 6.18. The van der Waals surface area contributed by atoms with Crippen molar-refractivity contribution in [1.29, 1.82) is 0 Å². The fourth-order valence-electron chi connectivity index (χ4n) is 4.44. The summed E-state index contributed by atoms with van der Waals surface area (Å²) < 4.78 is 22.5. The Balaban J connectivity index is 1.78. The van der Waals surface area contributed by atoms with Crippen LogP contribution in [0.25, 0.3) is 10.9 Å². The van der Waals surface area contributed by atoms with Gasteiger partial charge in [0.05, 0.1) is 12.1 Å². The third kappa shape index (κ3) is 4.05. The quantitative estimate of drug-likeness (QED) is 0.389. The molecule has 0 saturated carbocycles. The molecule has 4 rings (SSSR count). The van der Waals surface area contributed by atoms with Gasteiger partial charge >= 0.3 is 0 Å². The SMILES string of the molecule is Cc1ccc(F)c2c1c([C@@H]1O[C@H](CO)[C@@H](O)[C@H](O)[C@H]1O)cn2Cc1ccc(CCO)cc1. The lowest BCUT2D eigenvalue weighted by atomic mass is 9.90. The molecule has 1 saturated heterocycles. The lowest BCUT2D eigenvalue weighted by molar-refractivity contribution is -0.231. The summed E-state index contributed by atoms with van der Waals surface area (Å²) in [5.41, 5.74) is 3.51. The number of halogens is 1. The minimum atomic E-state index is -1.52. The fourth-order valence-corrected chi connectivity index (χ4v) is 4.44. The third-order valence-electron chi connectivity index (χ3n) is 6.18. The number of aliphatic hydroxyl groups excluding tert-OH is 5. The van der Waals surface area contributed by atoms with Crippen LogP contribution in [0.15, 0.2) is 42.6 Å². The second-order valence-corrected chi connectivity index (χ2v) is 8.34. The Labute approximate surface area is 184 Å². The Hall–Kier alpha value is -2.33. The predicted molar refractivity (Wildman–Crippen MR) is 116 cm³/mol. The molecule has 0 amide bonds. The Morgan fingerprint density at radius 1 is 0.938 bits per heavy atom. The maximum absolute atomic E-state index is 15.0. The van der Waals surface area contributed by atoms with E-state index in [4.69, 9.17) is 9.84 Å². The molecule has 0 spiro atoms. The van der Waals surface area contributed by atoms with Crippen molar-refractivity contribution in [1.82, 2.24) is 4.57 Å². The number of aliphatic hydroxyl groups is 5. The molecule has 7 nitrogen and oxygen atoms in total. The van der Waals surface area contributed by atoms with Crippen LogP contribution in [-0.2, 0) is 17.7 Å². The molecule has 1 aliphatic heterocycles. The monoisotopic (exact) mass is 445 g/mol. The molecule has 172 valence electrons. The van der Waals surface area contributed by atoms with E-state index in [2.05, 4.69) is 0 Å². The number of nitrogens with zero attached hydrogens (tertiary/aromatic N) is 1. The van der Waals surface area contributed by atoms with Crippen LogP contribution in [0.2, 0.25) is 0 Å². The van der Waals surface area contributed by atoms with Crippen molar-refractivity contribution in [2.45, 2.75) is 50.4 Å². The van der Waals surface area contributed by atoms with Gasteiger partial charge in [-0.1, -0.05) is 30.3 Å². The van der Waals surface area contributed by atoms with Crippen LogP contribution in [0.1, 0.15) is 28.4 Å². The van der Waals surface area contributed by atoms with Crippen molar-refractivity contribution in [2.24, 2.45) is 0 Å². The van der Waals surface area contributed by atoms with E-state index in [9.17, 15) is 24.8 Å². The first-order chi connectivity index (χ1) is 15.3. The van der Waals surface area contributed by atoms with Gasteiger partial charge in [-0.25, -0.2) is 4.39 Å². The second-order valence-electron chi connectivity index (χ2n) is 8.34. The van der Waals surface area contributed by atoms with Gasteiger partial charge in [-0.15, -0.1) is 0 Å². The highest BCUT2D eigenvalue weighted by Crippen LogP contribution is 2.39. The molecule has 3 aromatic rings. The number of rotatable bonds is 6. The molecule has 0 aliphatic carbocycles. The second kappa shape index (κ2) is 9.27. The predicted octanol–water partition coefficient (Wildman–Crippen LogP) is 1.19. The largest absolute Gasteiger partial charge is 0.396 e. The number of hydrogen-bond donors (Lipinski definition) is 5. The van der Waals surface area contributed by atoms with E-state index in [1.807, 2.05) is 31.2 Å². The van der Waals surface area contributed by atoms with E-state index >= 15 is 0 Å². The van der Waals surface area contributed by atoms with E-state index in [1.54, 1.807) is 16.8 Å². The molecule has 0 unspecified atom stereocenters. The van der Waals surface area contributed by atoms with Gasteiger partial charge in [-0.3, -0.25) is 0 Å². The zero-order valence-electron chi connectivity index (χ0n) is 17.7. The Bertz CT molecular complexity index is 1080. The summed E-state index contributed by atoms with van der Waals surface area (Å²) in [5, 5.41) is 50.2. The zero-order chi connectivity index (χ0) is 23.0. The summed E-state index contributed by atoms with van der Waals surface area (Å²) in [6, 6.07) is 10.7. The first kappa shape index (κ1) is 22.8. The highest BCUT2D eigenvalue weighted by Gasteiger charge is 2.45. The lowest BCUT2D eigenvalue weighted by Crippen LogP contribution is -2.55. The fraction of sp³-hybridized carbons (Fsp3) is 0.417. The molecule has 1 aliphatic rings. The van der Waals surface area contributed by atoms with Crippen molar-refractivity contribution >= 4 is 10.9 Å². The number of fused-ring (bicyclic) bond motifs is 1. The average Bonchev–Trinajstić information content (AvgIpc) is 3.16. The standard InChI is InChI=1S/C24H28FNO6/c1-13-2-7-17(25)20-19(13)16(24-23(31)22(30)21(29)18(12-28)32-24)11-26(20)10-15-5-3-14(4-6-15)8-9-27/h2-7,11,18,21-24,27-31H,8-10,12H2,1H3/t18-,21-,22+,23-,24+/m1/s1. The van der Waals surface area contributed by atoms with Gasteiger partial charge in [0.15, 0.2) is 0 Å². The van der Waals surface area contributed by atoms with Gasteiger partial charge in [0.25, 0.3) is 0 Å². The topological polar surface area (TPSA) is 115 Å². The lowest BCUT2D eigenvalue weighted by Gasteiger charge is -2.40.